The zero-order chi connectivity index (χ0) is 18.2. The van der Waals surface area contributed by atoms with E-state index >= 15 is 0 Å². The number of alkyl halides is 3. The first kappa shape index (κ1) is 17.4. The maximum absolute atomic E-state index is 12.4. The Balaban J connectivity index is 1.55. The van der Waals surface area contributed by atoms with Crippen molar-refractivity contribution in [1.29, 1.82) is 0 Å². The van der Waals surface area contributed by atoms with Crippen molar-refractivity contribution in [3.8, 4) is 0 Å². The van der Waals surface area contributed by atoms with E-state index in [-0.39, 0.29) is 36.6 Å². The highest BCUT2D eigenvalue weighted by Crippen LogP contribution is 2.38. The van der Waals surface area contributed by atoms with Gasteiger partial charge in [-0.2, -0.15) is 18.2 Å². The van der Waals surface area contributed by atoms with E-state index in [0.29, 0.717) is 12.8 Å². The molecule has 1 saturated carbocycles. The van der Waals surface area contributed by atoms with Crippen LogP contribution in [0.5, 0.6) is 0 Å². The highest BCUT2D eigenvalue weighted by Gasteiger charge is 2.47. The summed E-state index contributed by atoms with van der Waals surface area (Å²) in [5.41, 5.74) is 0. The van der Waals surface area contributed by atoms with Gasteiger partial charge in [-0.3, -0.25) is 29.7 Å². The molecule has 1 saturated heterocycles. The maximum atomic E-state index is 12.4. The molecule has 2 atom stereocenters. The van der Waals surface area contributed by atoms with Gasteiger partial charge in [0.05, 0.1) is 11.8 Å². The molecule has 2 fully saturated rings. The molecule has 0 radical (unpaired) electrons. The second-order valence-electron chi connectivity index (χ2n) is 6.13. The zero-order valence-electron chi connectivity index (χ0n) is 13.1. The lowest BCUT2D eigenvalue weighted by molar-refractivity contribution is -0.145. The lowest BCUT2D eigenvalue weighted by Gasteiger charge is -2.19. The number of hydrogen-bond acceptors (Lipinski definition) is 5. The molecule has 1 aliphatic heterocycles. The molecular weight excluding hydrogens is 343 g/mol. The number of imide groups is 1. The minimum atomic E-state index is -4.69. The Morgan fingerprint density at radius 3 is 2.32 bits per heavy atom. The van der Waals surface area contributed by atoms with E-state index in [4.69, 9.17) is 0 Å². The fraction of sp³-hybridized carbons (Fsp3) is 0.643. The third-order valence-corrected chi connectivity index (χ3v) is 4.50. The highest BCUT2D eigenvalue weighted by molar-refractivity contribution is 6.05. The Bertz CT molecular complexity index is 678. The third kappa shape index (κ3) is 3.49. The lowest BCUT2D eigenvalue weighted by atomic mass is 9.81. The van der Waals surface area contributed by atoms with Crippen LogP contribution in [-0.2, 0) is 20.6 Å². The van der Waals surface area contributed by atoms with Crippen LogP contribution in [0.25, 0.3) is 0 Å². The van der Waals surface area contributed by atoms with Gasteiger partial charge in [-0.25, -0.2) is 0 Å². The number of hydrogen-bond donors (Lipinski definition) is 2. The summed E-state index contributed by atoms with van der Waals surface area (Å²) in [7, 11) is 0. The number of H-pyrrole nitrogens is 1. The van der Waals surface area contributed by atoms with E-state index in [2.05, 4.69) is 15.4 Å². The first-order valence-corrected chi connectivity index (χ1v) is 7.92. The second-order valence-corrected chi connectivity index (χ2v) is 6.13. The molecule has 0 aromatic carbocycles. The van der Waals surface area contributed by atoms with E-state index in [0.717, 1.165) is 17.7 Å². The number of anilines is 1. The number of fused-ring (bicyclic) bond motifs is 1. The van der Waals surface area contributed by atoms with Gasteiger partial charge in [0, 0.05) is 13.0 Å². The Kier molecular flexibility index (Phi) is 4.48. The Morgan fingerprint density at radius 2 is 1.80 bits per heavy atom. The lowest BCUT2D eigenvalue weighted by Crippen LogP contribution is -2.34. The smallest absolute Gasteiger partial charge is 0.293 e. The Morgan fingerprint density at radius 1 is 1.20 bits per heavy atom. The largest absolute Gasteiger partial charge is 0.451 e. The van der Waals surface area contributed by atoms with Gasteiger partial charge in [0.25, 0.3) is 0 Å². The number of halogens is 3. The Hall–Kier alpha value is -2.46. The number of aromatic amines is 1. The summed E-state index contributed by atoms with van der Waals surface area (Å²) in [6, 6.07) is 0. The van der Waals surface area contributed by atoms with E-state index in [9.17, 15) is 27.6 Å². The predicted octanol–water partition coefficient (Wildman–Crippen LogP) is 1.33. The molecule has 2 unspecified atom stereocenters. The molecule has 2 heterocycles. The molecule has 0 bridgehead atoms. The Labute approximate surface area is 140 Å². The minimum Gasteiger partial charge on any atom is -0.293 e. The fourth-order valence-electron chi connectivity index (χ4n) is 3.30. The number of nitrogens with one attached hydrogen (secondary N) is 2. The van der Waals surface area contributed by atoms with Crippen LogP contribution in [0.1, 0.15) is 37.9 Å². The summed E-state index contributed by atoms with van der Waals surface area (Å²) in [5.74, 6) is -3.64. The molecule has 2 aliphatic rings. The third-order valence-electron chi connectivity index (χ3n) is 4.50. The second kappa shape index (κ2) is 6.45. The monoisotopic (exact) mass is 359 g/mol. The molecule has 3 rings (SSSR count). The van der Waals surface area contributed by atoms with Crippen LogP contribution in [0.4, 0.5) is 19.1 Å². The average Bonchev–Trinajstić information content (AvgIpc) is 3.11. The van der Waals surface area contributed by atoms with Crippen LogP contribution >= 0.6 is 0 Å². The molecule has 136 valence electrons. The van der Waals surface area contributed by atoms with Gasteiger partial charge in [0.15, 0.2) is 0 Å². The molecule has 3 amide bonds. The van der Waals surface area contributed by atoms with Crippen molar-refractivity contribution in [3.63, 3.8) is 0 Å². The first-order valence-electron chi connectivity index (χ1n) is 7.92. The van der Waals surface area contributed by atoms with Crippen molar-refractivity contribution in [1.82, 2.24) is 20.1 Å². The number of likely N-dealkylation sites (tertiary alicyclic amines) is 1. The SMILES string of the molecule is O=C(CCN1C(=O)C2CCCCC2C1=O)Nc1n[nH]c(C(F)(F)F)n1. The molecule has 0 spiro atoms. The van der Waals surface area contributed by atoms with Gasteiger partial charge in [-0.05, 0) is 12.8 Å². The van der Waals surface area contributed by atoms with Crippen LogP contribution in [0, 0.1) is 11.8 Å². The molecule has 11 heteroatoms. The van der Waals surface area contributed by atoms with Crippen LogP contribution in [0.3, 0.4) is 0 Å². The molecular formula is C14H16F3N5O3. The summed E-state index contributed by atoms with van der Waals surface area (Å²) >= 11 is 0. The van der Waals surface area contributed by atoms with Gasteiger partial charge in [0.2, 0.25) is 29.5 Å². The topological polar surface area (TPSA) is 108 Å². The van der Waals surface area contributed by atoms with E-state index in [1.165, 1.54) is 0 Å². The number of aromatic nitrogens is 3. The molecule has 1 aromatic heterocycles. The fourth-order valence-corrected chi connectivity index (χ4v) is 3.30. The van der Waals surface area contributed by atoms with Gasteiger partial charge in [0.1, 0.15) is 0 Å². The van der Waals surface area contributed by atoms with Crippen LogP contribution in [0.15, 0.2) is 0 Å². The predicted molar refractivity (Wildman–Crippen MR) is 76.8 cm³/mol. The summed E-state index contributed by atoms with van der Waals surface area (Å²) in [6.07, 6.45) is -1.76. The summed E-state index contributed by atoms with van der Waals surface area (Å²) in [4.78, 5) is 40.5. The van der Waals surface area contributed by atoms with Gasteiger partial charge >= 0.3 is 6.18 Å². The zero-order valence-corrected chi connectivity index (χ0v) is 13.1. The number of nitrogens with zero attached hydrogens (tertiary/aromatic N) is 3. The average molecular weight is 359 g/mol. The van der Waals surface area contributed by atoms with E-state index < -0.39 is 23.9 Å². The quantitative estimate of drug-likeness (QED) is 0.789. The van der Waals surface area contributed by atoms with Gasteiger partial charge in [-0.15, -0.1) is 5.10 Å². The van der Waals surface area contributed by atoms with Crippen molar-refractivity contribution in [2.24, 2.45) is 11.8 Å². The molecule has 1 aromatic rings. The van der Waals surface area contributed by atoms with Gasteiger partial charge < -0.3 is 0 Å². The summed E-state index contributed by atoms with van der Waals surface area (Å²) in [5, 5.41) is 7.04. The van der Waals surface area contributed by atoms with Crippen molar-refractivity contribution in [2.75, 3.05) is 11.9 Å². The number of rotatable bonds is 4. The first-order chi connectivity index (χ1) is 11.8. The van der Waals surface area contributed by atoms with Crippen LogP contribution < -0.4 is 5.32 Å². The molecule has 1 aliphatic carbocycles. The van der Waals surface area contributed by atoms with Gasteiger partial charge in [-0.1, -0.05) is 12.8 Å². The summed E-state index contributed by atoms with van der Waals surface area (Å²) < 4.78 is 37.2. The van der Waals surface area contributed by atoms with Crippen molar-refractivity contribution in [3.05, 3.63) is 5.82 Å². The minimum absolute atomic E-state index is 0.104. The van der Waals surface area contributed by atoms with Crippen LogP contribution in [-0.4, -0.2) is 44.3 Å². The van der Waals surface area contributed by atoms with Crippen LogP contribution in [0.2, 0.25) is 0 Å². The van der Waals surface area contributed by atoms with E-state index in [1.807, 2.05) is 0 Å². The highest BCUT2D eigenvalue weighted by atomic mass is 19.4. The van der Waals surface area contributed by atoms with E-state index in [1.54, 1.807) is 5.10 Å². The number of amides is 3. The normalized spacial score (nSPS) is 23.7. The van der Waals surface area contributed by atoms with Crippen molar-refractivity contribution >= 4 is 23.7 Å². The molecule has 2 N–H and O–H groups in total. The molecule has 8 nitrogen and oxygen atoms in total. The number of carbonyl (C=O) groups excluding carboxylic acids is 3. The van der Waals surface area contributed by atoms with Crippen molar-refractivity contribution in [2.45, 2.75) is 38.3 Å². The van der Waals surface area contributed by atoms with Crippen molar-refractivity contribution < 1.29 is 27.6 Å². The maximum Gasteiger partial charge on any atom is 0.451 e. The number of carbonyl (C=O) groups is 3. The summed E-state index contributed by atoms with van der Waals surface area (Å²) in [6.45, 7) is -0.104. The standard InChI is InChI=1S/C14H16F3N5O3/c15-14(16,17)12-19-13(21-20-12)18-9(23)5-6-22-10(24)7-3-1-2-4-8(7)11(22)25/h7-8H,1-6H2,(H2,18,19,20,21,23). The molecule has 25 heavy (non-hydrogen) atoms.